The number of carboxylic acid groups (broad SMARTS) is 14. The van der Waals surface area contributed by atoms with E-state index in [1.54, 1.807) is 0 Å². The first-order valence-corrected chi connectivity index (χ1v) is 41.9. The van der Waals surface area contributed by atoms with E-state index >= 15 is 0 Å². The van der Waals surface area contributed by atoms with Gasteiger partial charge >= 0.3 is 83.6 Å². The van der Waals surface area contributed by atoms with Crippen LogP contribution < -0.4 is 0 Å². The molecule has 35 atom stereocenters. The van der Waals surface area contributed by atoms with E-state index in [9.17, 15) is 139 Å². The van der Waals surface area contributed by atoms with Crippen LogP contribution in [0, 0.1) is 0 Å². The van der Waals surface area contributed by atoms with Crippen LogP contribution in [0.1, 0.15) is 0 Å². The molecule has 63 nitrogen and oxygen atoms in total. The van der Waals surface area contributed by atoms with Crippen LogP contribution in [0.2, 0.25) is 0 Å². The van der Waals surface area contributed by atoms with Crippen LogP contribution in [0.25, 0.3) is 0 Å². The molecule has 63 heteroatoms. The van der Waals surface area contributed by atoms with Gasteiger partial charge in [0.05, 0.1) is 46.2 Å². The molecule has 14 bridgehead atoms. The van der Waals surface area contributed by atoms with Crippen molar-refractivity contribution in [3.8, 4) is 0 Å². The van der Waals surface area contributed by atoms with Crippen LogP contribution in [0.15, 0.2) is 0 Å². The Morgan fingerprint density at radius 2 is 0.257 bits per heavy atom. The zero-order valence-electron chi connectivity index (χ0n) is 75.3. The van der Waals surface area contributed by atoms with Crippen LogP contribution in [0.5, 0.6) is 0 Å². The van der Waals surface area contributed by atoms with E-state index in [2.05, 4.69) is 0 Å². The monoisotopic (exact) mass is 2040 g/mol. The summed E-state index contributed by atoms with van der Waals surface area (Å²) in [6, 6.07) is 0. The van der Waals surface area contributed by atoms with Gasteiger partial charge in [0.2, 0.25) is 0 Å². The Balaban J connectivity index is 1.46. The van der Waals surface area contributed by atoms with Gasteiger partial charge in [0.25, 0.3) is 0 Å². The van der Waals surface area contributed by atoms with Gasteiger partial charge in [-0.3, -0.25) is 0 Å². The van der Waals surface area contributed by atoms with Crippen molar-refractivity contribution >= 4 is 83.6 Å². The lowest BCUT2D eigenvalue weighted by molar-refractivity contribution is -0.405. The summed E-state index contributed by atoms with van der Waals surface area (Å²) in [5.41, 5.74) is 0. The molecule has 0 saturated carbocycles. The number of carboxylic acids is 14. The number of ether oxygens (including phenoxy) is 35. The third-order valence-electron chi connectivity index (χ3n) is 21.4. The molecule has 21 aliphatic rings. The number of hydrogen-bond acceptors (Lipinski definition) is 49. The number of carbonyl (C=O) groups is 14. The minimum atomic E-state index is -2.30. The van der Waals surface area contributed by atoms with Crippen molar-refractivity contribution in [1.82, 2.24) is 0 Å². The Morgan fingerprint density at radius 3 is 0.343 bits per heavy atom. The molecule has 0 unspecified atom stereocenters. The lowest BCUT2D eigenvalue weighted by atomic mass is 9.94. The van der Waals surface area contributed by atoms with Gasteiger partial charge in [-0.25, -0.2) is 67.1 Å². The van der Waals surface area contributed by atoms with Crippen LogP contribution >= 0.6 is 0 Å². The summed E-state index contributed by atoms with van der Waals surface area (Å²) in [6.45, 7) is -25.1. The molecule has 140 heavy (non-hydrogen) atoms. The van der Waals surface area contributed by atoms with Crippen molar-refractivity contribution in [2.24, 2.45) is 0 Å². The van der Waals surface area contributed by atoms with E-state index < -0.39 is 437 Å². The third-order valence-corrected chi connectivity index (χ3v) is 21.4. The second-order valence-corrected chi connectivity index (χ2v) is 31.0. The van der Waals surface area contributed by atoms with Crippen LogP contribution in [0.4, 0.5) is 0 Å². The van der Waals surface area contributed by atoms with Gasteiger partial charge in [-0.15, -0.1) is 0 Å². The summed E-state index contributed by atoms with van der Waals surface area (Å²) < 4.78 is 217. The summed E-state index contributed by atoms with van der Waals surface area (Å²) in [7, 11) is 6.59. The van der Waals surface area contributed by atoms with E-state index in [1.165, 1.54) is 0 Å². The van der Waals surface area contributed by atoms with Gasteiger partial charge in [-0.05, 0) is 0 Å². The number of rotatable bonds is 56. The van der Waals surface area contributed by atoms with Gasteiger partial charge in [-0.2, -0.15) is 0 Å². The maximum Gasteiger partial charge on any atom is 0.329 e. The number of aliphatic carboxylic acids is 14. The molecule has 0 amide bonds. The van der Waals surface area contributed by atoms with Crippen molar-refractivity contribution in [3.05, 3.63) is 0 Å². The SMILES string of the molecule is CO[C@@H]1[C@@H](OCC(=O)O)[C@H]2O[C@H]3[C@H](OC)[C@@H](OCC(=O)O)[C@@H](O[C@H]4[C@@H](OC)[C@@H](OCC(=O)O)[C@@H](O[C@H]5[C@H](OC)[C@H](OCC(=O)O)[C@@H](O[C@H]6[C@@H](OC)[C@H](OCC(=O)O)[C@@H](O[C@H]7[C@H](OC)[C@@H](OCC(=O)O)[C@@H](O[C@H]8[C@H](OC)[C@@H](OCC(=O)O)[C@@H](O[C@@H]1[C@H](COCC(=O)O)O2)O[C@H]8COCC(=O)O)O[C@@H]7COCC(=O)O)O[C@@H]6COCC(=O)O)O[C@@H]5COCC(=O)O)O[C@@H]4COCC(=O)O)O[C@H]3COCC(=O)O. The quantitative estimate of drug-likeness (QED) is 0.0269. The first-order chi connectivity index (χ1) is 66.7. The van der Waals surface area contributed by atoms with Gasteiger partial charge in [0, 0.05) is 49.8 Å². The zero-order chi connectivity index (χ0) is 103. The predicted molar refractivity (Wildman–Crippen MR) is 421 cm³/mol. The molecule has 0 aromatic rings. The average molecular weight is 2050 g/mol. The summed E-state index contributed by atoms with van der Waals surface area (Å²) in [4.78, 5) is 176. The highest BCUT2D eigenvalue weighted by Gasteiger charge is 2.64. The van der Waals surface area contributed by atoms with Gasteiger partial charge < -0.3 is 237 Å². The number of methoxy groups -OCH3 is 7. The maximum atomic E-state index is 12.8. The molecule has 14 N–H and O–H groups in total. The molecular formula is C77H112O63. The predicted octanol–water partition coefficient (Wildman–Crippen LogP) is -9.13. The third kappa shape index (κ3) is 33.9. The summed E-state index contributed by atoms with van der Waals surface area (Å²) in [5.74, 6) is -23.8. The highest BCUT2D eigenvalue weighted by atomic mass is 16.8. The van der Waals surface area contributed by atoms with Crippen molar-refractivity contribution in [3.63, 3.8) is 0 Å². The Labute approximate surface area is 789 Å². The van der Waals surface area contributed by atoms with E-state index in [-0.39, 0.29) is 0 Å². The largest absolute Gasteiger partial charge is 0.480 e. The first kappa shape index (κ1) is 116. The molecular weight excluding hydrogens is 1930 g/mol. The molecule has 0 aromatic heterocycles. The van der Waals surface area contributed by atoms with E-state index in [0.717, 1.165) is 49.8 Å². The number of hydrogen-bond donors (Lipinski definition) is 14. The van der Waals surface area contributed by atoms with Crippen LogP contribution in [-0.2, 0) is 233 Å². The van der Waals surface area contributed by atoms with Gasteiger partial charge in [0.15, 0.2) is 44.0 Å². The van der Waals surface area contributed by atoms with Crippen molar-refractivity contribution in [1.29, 1.82) is 0 Å². The molecule has 0 aromatic carbocycles. The molecule has 21 aliphatic heterocycles. The Morgan fingerprint density at radius 1 is 0.157 bits per heavy atom. The standard InChI is InChI=1S/C77H112O63/c1-106-57-50-29(8-113-15-36(78)79)127-71(64(57)120-22-43(92)93)135-51-30(9-114-16-37(80)81)129-73(66(58(51)107-2)122-24-45(96)97)137-53-32(11-116-18-39(84)85)131-75(68(60(53)109-4)124-26-47(100)101)139-55-34(13-118-20-41(88)89)133-77(70(62(55)111-6)126-28-49(104)105)140-56-35(14-119-21-42(90)91)132-76(69(63(56)112-7)125-27-48(102)103)138-54-33(12-117-19-40(86)87)130-74(67(61(54)110-5)123-25-46(98)99)136-52-31(10-115-17-38(82)83)128-72(134-50)65(59(52)108-3)121-23-44(94)95/h29-35,50-77H,8-28H2,1-7H3,(H,78,79)(H,80,81)(H,82,83)(H,84,85)(H,86,87)(H,88,89)(H,90,91)(H,92,93)(H,94,95)(H,96,97)(H,98,99)(H,100,101)(H,102,103)(H,104,105)/t29-,30-,31-,32-,33+,34+,35+,50-,51-,52-,53-,54-,55-,56-,57+,58-,59-,60+,61+,62+,63+,64+,65-,66+,67-,68-,69-,70-,71-,72-,73-,74-,75-,76-,77-/m1/s1. The second kappa shape index (κ2) is 57.6. The van der Waals surface area contributed by atoms with E-state index in [1.807, 2.05) is 0 Å². The van der Waals surface area contributed by atoms with Gasteiger partial charge in [0.1, 0.15) is 263 Å². The molecule has 0 aliphatic carbocycles. The smallest absolute Gasteiger partial charge is 0.329 e. The molecule has 21 saturated heterocycles. The molecule has 21 rings (SSSR count). The highest BCUT2D eigenvalue weighted by molar-refractivity contribution is 5.72. The molecule has 0 spiro atoms. The Hall–Kier alpha value is -8.82. The zero-order valence-corrected chi connectivity index (χ0v) is 75.3. The molecule has 21 fully saturated rings. The van der Waals surface area contributed by atoms with E-state index in [0.29, 0.717) is 0 Å². The molecule has 0 radical (unpaired) electrons. The summed E-state index contributed by atoms with van der Waals surface area (Å²) >= 11 is 0. The topological polar surface area (TPSA) is 845 Å². The Bertz CT molecular complexity index is 3280. The summed E-state index contributed by atoms with van der Waals surface area (Å²) in [6.07, 6.45) is -73.7. The maximum absolute atomic E-state index is 12.8. The van der Waals surface area contributed by atoms with Gasteiger partial charge in [-0.1, -0.05) is 0 Å². The lowest BCUT2D eigenvalue weighted by Crippen LogP contribution is -2.70. The fourth-order valence-electron chi connectivity index (χ4n) is 16.2. The first-order valence-electron chi connectivity index (χ1n) is 41.9. The normalized spacial score (nSPS) is 35.4. The fraction of sp³-hybridized carbons (Fsp3) is 0.818. The van der Waals surface area contributed by atoms with Crippen molar-refractivity contribution in [2.45, 2.75) is 215 Å². The highest BCUT2D eigenvalue weighted by Crippen LogP contribution is 2.44. The van der Waals surface area contributed by atoms with E-state index in [4.69, 9.17) is 166 Å². The minimum Gasteiger partial charge on any atom is -0.480 e. The lowest BCUT2D eigenvalue weighted by Gasteiger charge is -2.52. The average Bonchev–Trinajstić information content (AvgIpc) is 0.782. The van der Waals surface area contributed by atoms with Crippen LogP contribution in [0.3, 0.4) is 0 Å². The fourth-order valence-corrected chi connectivity index (χ4v) is 16.2. The van der Waals surface area contributed by atoms with Crippen molar-refractivity contribution in [2.75, 3.05) is 189 Å². The Kier molecular flexibility index (Phi) is 47.9. The second-order valence-electron chi connectivity index (χ2n) is 31.0. The summed E-state index contributed by atoms with van der Waals surface area (Å²) in [5, 5.41) is 143. The van der Waals surface area contributed by atoms with Crippen molar-refractivity contribution < 1.29 is 304 Å². The molecule has 798 valence electrons. The van der Waals surface area contributed by atoms with Crippen LogP contribution in [-0.4, -0.2) is 559 Å². The molecule has 21 heterocycles. The minimum absolute atomic E-state index is 0.941.